The van der Waals surface area contributed by atoms with Gasteiger partial charge < -0.3 is 75.1 Å². The Kier molecular flexibility index (Phi) is 20.2. The summed E-state index contributed by atoms with van der Waals surface area (Å²) in [5.41, 5.74) is 22.1. The second-order valence-electron chi connectivity index (χ2n) is 13.9. The average Bonchev–Trinajstić information content (AvgIpc) is 3.67. The van der Waals surface area contributed by atoms with Gasteiger partial charge in [0.1, 0.15) is 42.0 Å². The van der Waals surface area contributed by atoms with E-state index in [1.165, 1.54) is 24.3 Å². The molecule has 0 bridgehead atoms. The highest BCUT2D eigenvalue weighted by atomic mass is 32.1. The van der Waals surface area contributed by atoms with Gasteiger partial charge >= 0.3 is 11.9 Å². The van der Waals surface area contributed by atoms with Crippen molar-refractivity contribution in [1.29, 1.82) is 5.41 Å². The van der Waals surface area contributed by atoms with E-state index in [4.69, 9.17) is 33.5 Å². The number of likely N-dealkylation sites (tertiary alicyclic amines) is 1. The molecule has 1 fully saturated rings. The molecule has 1 aliphatic rings. The number of hydrogen-bond acceptors (Lipinski definition) is 14. The lowest BCUT2D eigenvalue weighted by molar-refractivity contribution is -0.148. The molecule has 0 saturated carbocycles. The number of hydrogen-bond donors (Lipinski definition) is 15. The number of phenols is 1. The number of carbonyl (C=O) groups is 10. The van der Waals surface area contributed by atoms with Crippen LogP contribution in [-0.4, -0.2) is 147 Å². The summed E-state index contributed by atoms with van der Waals surface area (Å²) in [4.78, 5) is 128. The number of aromatic hydroxyl groups is 1. The quantitative estimate of drug-likeness (QED) is 0.0188. The molecule has 0 spiro atoms. The number of benzene rings is 1. The number of amides is 8. The second-order valence-corrected chi connectivity index (χ2v) is 14.3. The Morgan fingerprint density at radius 3 is 1.87 bits per heavy atom. The first-order chi connectivity index (χ1) is 28.6. The summed E-state index contributed by atoms with van der Waals surface area (Å²) in [5, 5.41) is 49.8. The Morgan fingerprint density at radius 1 is 0.754 bits per heavy atom. The number of carboxylic acid groups (broad SMARTS) is 2. The summed E-state index contributed by atoms with van der Waals surface area (Å²) in [6, 6.07) is -5.10. The van der Waals surface area contributed by atoms with E-state index in [-0.39, 0.29) is 56.7 Å². The van der Waals surface area contributed by atoms with Crippen LogP contribution in [0.3, 0.4) is 0 Å². The number of nitrogens with zero attached hydrogens (tertiary/aromatic N) is 1. The van der Waals surface area contributed by atoms with Crippen molar-refractivity contribution in [3.63, 3.8) is 0 Å². The summed E-state index contributed by atoms with van der Waals surface area (Å²) in [7, 11) is 0. The summed E-state index contributed by atoms with van der Waals surface area (Å²) >= 11 is 4.17. The highest BCUT2D eigenvalue weighted by molar-refractivity contribution is 7.80. The summed E-state index contributed by atoms with van der Waals surface area (Å²) in [6.07, 6.45) is -2.34. The third-order valence-corrected chi connectivity index (χ3v) is 9.42. The van der Waals surface area contributed by atoms with Crippen LogP contribution in [0.1, 0.15) is 50.5 Å². The van der Waals surface area contributed by atoms with E-state index in [1.54, 1.807) is 0 Å². The summed E-state index contributed by atoms with van der Waals surface area (Å²) < 4.78 is 0. The molecule has 1 aromatic rings. The zero-order chi connectivity index (χ0) is 46.0. The van der Waals surface area contributed by atoms with Crippen molar-refractivity contribution in [2.45, 2.75) is 93.7 Å². The molecule has 1 heterocycles. The van der Waals surface area contributed by atoms with Gasteiger partial charge in [-0.2, -0.15) is 12.6 Å². The first-order valence-electron chi connectivity index (χ1n) is 18.7. The van der Waals surface area contributed by atoms with Crippen molar-refractivity contribution < 1.29 is 63.3 Å². The predicted octanol–water partition coefficient (Wildman–Crippen LogP) is -5.82. The fraction of sp³-hybridized carbons (Fsp3) is 0.514. The van der Waals surface area contributed by atoms with Crippen LogP contribution in [0, 0.1) is 5.41 Å². The maximum absolute atomic E-state index is 13.8. The minimum Gasteiger partial charge on any atom is -0.508 e. The average molecular weight is 881 g/mol. The van der Waals surface area contributed by atoms with E-state index in [2.05, 4.69) is 44.5 Å². The van der Waals surface area contributed by atoms with E-state index in [1.807, 2.05) is 0 Å². The van der Waals surface area contributed by atoms with Crippen molar-refractivity contribution in [1.82, 2.24) is 36.8 Å². The molecule has 18 N–H and O–H groups in total. The molecule has 1 saturated heterocycles. The first-order valence-corrected chi connectivity index (χ1v) is 19.3. The number of primary amides is 2. The Bertz CT molecular complexity index is 1820. The van der Waals surface area contributed by atoms with Crippen LogP contribution in [0.5, 0.6) is 5.75 Å². The standard InChI is InChI=1S/C35H52N12O13S/c36-18(12-25(37)49)28(53)43-20(11-16-5-7-17(48)8-6-16)30(55)46-23(15-61)31(56)42-19(3-1-9-41-35(39)40)29(54)44-21(13-26(38)50)33(58)47-10-2-4-24(47)32(57)45-22(34(59)60)14-27(51)52/h5-8,18-24,48,61H,1-4,9-15,36H2,(H2,37,49)(H2,38,50)(H,42,56)(H,43,53)(H,44,54)(H,45,57)(H,46,55)(H,51,52)(H,59,60)(H4,39,40,41)/t18-,19-,20-,21-,22-,23-,24-/m0/s1. The number of nitrogens with two attached hydrogens (primary N) is 4. The largest absolute Gasteiger partial charge is 0.508 e. The third-order valence-electron chi connectivity index (χ3n) is 9.05. The molecule has 2 rings (SSSR count). The van der Waals surface area contributed by atoms with Crippen molar-refractivity contribution in [2.75, 3.05) is 18.8 Å². The van der Waals surface area contributed by atoms with E-state index in [0.717, 1.165) is 4.90 Å². The fourth-order valence-corrected chi connectivity index (χ4v) is 6.28. The Hall–Kier alpha value is -6.70. The number of guanidine groups is 1. The van der Waals surface area contributed by atoms with Crippen molar-refractivity contribution >= 4 is 77.8 Å². The SMILES string of the molecule is N=C(N)NCCC[C@H](NC(=O)[C@H](CS)NC(=O)[C@H](Cc1ccc(O)cc1)NC(=O)[C@@H](N)CC(N)=O)C(=O)N[C@@H](CC(N)=O)C(=O)N1CCC[C@H]1C(=O)N[C@@H](CC(=O)O)C(=O)O. The van der Waals surface area contributed by atoms with Crippen LogP contribution in [-0.2, 0) is 54.4 Å². The molecular weight excluding hydrogens is 829 g/mol. The number of thiol groups is 1. The van der Waals surface area contributed by atoms with E-state index >= 15 is 0 Å². The Morgan fingerprint density at radius 2 is 1.31 bits per heavy atom. The third kappa shape index (κ3) is 17.2. The normalized spacial score (nSPS) is 16.2. The first kappa shape index (κ1) is 50.4. The molecule has 8 amide bonds. The van der Waals surface area contributed by atoms with E-state index in [0.29, 0.717) is 5.56 Å². The molecule has 7 atom stereocenters. The van der Waals surface area contributed by atoms with Gasteiger partial charge in [-0.05, 0) is 43.4 Å². The van der Waals surface area contributed by atoms with Crippen LogP contribution in [0.15, 0.2) is 24.3 Å². The van der Waals surface area contributed by atoms with Crippen molar-refractivity contribution in [3.05, 3.63) is 29.8 Å². The zero-order valence-electron chi connectivity index (χ0n) is 32.8. The van der Waals surface area contributed by atoms with Crippen LogP contribution in [0.25, 0.3) is 0 Å². The topological polar surface area (TPSA) is 435 Å². The fourth-order valence-electron chi connectivity index (χ4n) is 6.02. The maximum atomic E-state index is 13.8. The van der Waals surface area contributed by atoms with E-state index in [9.17, 15) is 58.2 Å². The number of phenolic OH excluding ortho intramolecular Hbond substituents is 1. The minimum absolute atomic E-state index is 0.0204. The van der Waals surface area contributed by atoms with Gasteiger partial charge in [0, 0.05) is 25.3 Å². The van der Waals surface area contributed by atoms with Gasteiger partial charge in [0.05, 0.1) is 25.3 Å². The summed E-state index contributed by atoms with van der Waals surface area (Å²) in [5.74, 6) is -11.8. The monoisotopic (exact) mass is 880 g/mol. The van der Waals surface area contributed by atoms with Crippen LogP contribution in [0.4, 0.5) is 0 Å². The van der Waals surface area contributed by atoms with Gasteiger partial charge in [-0.3, -0.25) is 48.6 Å². The van der Waals surface area contributed by atoms with Gasteiger partial charge in [-0.25, -0.2) is 4.79 Å². The highest BCUT2D eigenvalue weighted by Crippen LogP contribution is 2.20. The van der Waals surface area contributed by atoms with Gasteiger partial charge in [0.2, 0.25) is 47.3 Å². The predicted molar refractivity (Wildman–Crippen MR) is 215 cm³/mol. The van der Waals surface area contributed by atoms with Gasteiger partial charge in [0.15, 0.2) is 5.96 Å². The lowest BCUT2D eigenvalue weighted by Crippen LogP contribution is -2.60. The molecule has 26 heteroatoms. The van der Waals surface area contributed by atoms with Gasteiger partial charge in [-0.15, -0.1) is 0 Å². The number of rotatable bonds is 25. The summed E-state index contributed by atoms with van der Waals surface area (Å²) in [6.45, 7) is -0.0458. The smallest absolute Gasteiger partial charge is 0.326 e. The van der Waals surface area contributed by atoms with E-state index < -0.39 is 127 Å². The second kappa shape index (κ2) is 24.4. The molecule has 1 aromatic carbocycles. The van der Waals surface area contributed by atoms with Crippen molar-refractivity contribution in [2.24, 2.45) is 22.9 Å². The molecular formula is C35H52N12O13S. The lowest BCUT2D eigenvalue weighted by Gasteiger charge is -2.30. The Labute approximate surface area is 353 Å². The number of nitrogens with one attached hydrogen (secondary N) is 7. The molecule has 0 unspecified atom stereocenters. The Balaban J connectivity index is 2.34. The molecule has 1 aliphatic heterocycles. The van der Waals surface area contributed by atoms with Crippen molar-refractivity contribution in [3.8, 4) is 5.75 Å². The molecule has 0 radical (unpaired) electrons. The van der Waals surface area contributed by atoms with Crippen LogP contribution >= 0.6 is 12.6 Å². The minimum atomic E-state index is -1.83. The zero-order valence-corrected chi connectivity index (χ0v) is 33.7. The lowest BCUT2D eigenvalue weighted by atomic mass is 10.0. The van der Waals surface area contributed by atoms with Crippen LogP contribution < -0.4 is 54.8 Å². The maximum Gasteiger partial charge on any atom is 0.326 e. The highest BCUT2D eigenvalue weighted by Gasteiger charge is 2.40. The number of carbonyl (C=O) groups excluding carboxylic acids is 8. The van der Waals surface area contributed by atoms with Gasteiger partial charge in [-0.1, -0.05) is 12.1 Å². The van der Waals surface area contributed by atoms with Crippen LogP contribution in [0.2, 0.25) is 0 Å². The molecule has 0 aliphatic carbocycles. The molecule has 25 nitrogen and oxygen atoms in total. The molecule has 61 heavy (non-hydrogen) atoms. The van der Waals surface area contributed by atoms with Gasteiger partial charge in [0.25, 0.3) is 0 Å². The number of carboxylic acids is 2. The molecule has 0 aromatic heterocycles. The molecule has 336 valence electrons. The number of aliphatic carboxylic acids is 2.